The van der Waals surface area contributed by atoms with Crippen molar-refractivity contribution in [2.45, 2.75) is 32.1 Å². The average Bonchev–Trinajstić information content (AvgIpc) is 3.00. The summed E-state index contributed by atoms with van der Waals surface area (Å²) in [7, 11) is 1.65. The molecule has 1 unspecified atom stereocenters. The number of ether oxygens (including phenoxy) is 1. The van der Waals surface area contributed by atoms with Gasteiger partial charge in [0.15, 0.2) is 0 Å². The SMILES string of the molecule is COCCN1CC(Cc2ccc(C(=O)N3CCCCC3)cn2)CC1=O. The predicted molar refractivity (Wildman–Crippen MR) is 94.3 cm³/mol. The summed E-state index contributed by atoms with van der Waals surface area (Å²) in [5.74, 6) is 0.569. The van der Waals surface area contributed by atoms with Crippen LogP contribution in [0.15, 0.2) is 18.3 Å². The largest absolute Gasteiger partial charge is 0.383 e. The minimum Gasteiger partial charge on any atom is -0.383 e. The molecule has 3 heterocycles. The third-order valence-electron chi connectivity index (χ3n) is 5.07. The van der Waals surface area contributed by atoms with Gasteiger partial charge in [0, 0.05) is 51.6 Å². The normalized spacial score (nSPS) is 21.0. The molecule has 1 atom stereocenters. The van der Waals surface area contributed by atoms with Gasteiger partial charge in [-0.15, -0.1) is 0 Å². The van der Waals surface area contributed by atoms with E-state index in [1.165, 1.54) is 6.42 Å². The molecule has 0 aromatic carbocycles. The zero-order chi connectivity index (χ0) is 17.6. The van der Waals surface area contributed by atoms with Crippen LogP contribution in [0.25, 0.3) is 0 Å². The molecule has 2 aliphatic heterocycles. The highest BCUT2D eigenvalue weighted by Crippen LogP contribution is 2.21. The second-order valence-corrected chi connectivity index (χ2v) is 7.00. The molecule has 0 N–H and O–H groups in total. The Hall–Kier alpha value is -1.95. The van der Waals surface area contributed by atoms with E-state index >= 15 is 0 Å². The molecular weight excluding hydrogens is 318 g/mol. The van der Waals surface area contributed by atoms with E-state index in [1.54, 1.807) is 13.3 Å². The lowest BCUT2D eigenvalue weighted by Crippen LogP contribution is -2.35. The summed E-state index contributed by atoms with van der Waals surface area (Å²) < 4.78 is 5.05. The molecule has 0 radical (unpaired) electrons. The zero-order valence-electron chi connectivity index (χ0n) is 14.9. The van der Waals surface area contributed by atoms with Gasteiger partial charge in [0.05, 0.1) is 12.2 Å². The molecule has 0 spiro atoms. The third kappa shape index (κ3) is 4.57. The van der Waals surface area contributed by atoms with Gasteiger partial charge in [-0.3, -0.25) is 14.6 Å². The minimum atomic E-state index is 0.0838. The summed E-state index contributed by atoms with van der Waals surface area (Å²) in [4.78, 5) is 32.7. The summed E-state index contributed by atoms with van der Waals surface area (Å²) in [5, 5.41) is 0. The lowest BCUT2D eigenvalue weighted by Gasteiger charge is -2.26. The van der Waals surface area contributed by atoms with Gasteiger partial charge in [0.2, 0.25) is 5.91 Å². The lowest BCUT2D eigenvalue weighted by atomic mass is 10.0. The molecule has 2 fully saturated rings. The smallest absolute Gasteiger partial charge is 0.255 e. The lowest BCUT2D eigenvalue weighted by molar-refractivity contribution is -0.128. The maximum absolute atomic E-state index is 12.5. The maximum atomic E-state index is 12.5. The standard InChI is InChI=1S/C19H27N3O3/c1-25-10-9-22-14-15(12-18(22)23)11-17-6-5-16(13-20-17)19(24)21-7-3-2-4-8-21/h5-6,13,15H,2-4,7-12,14H2,1H3. The zero-order valence-corrected chi connectivity index (χ0v) is 14.9. The Labute approximate surface area is 149 Å². The van der Waals surface area contributed by atoms with Crippen LogP contribution in [0, 0.1) is 5.92 Å². The van der Waals surface area contributed by atoms with E-state index in [0.717, 1.165) is 44.6 Å². The number of rotatable bonds is 6. The Balaban J connectivity index is 1.54. The molecular formula is C19H27N3O3. The van der Waals surface area contributed by atoms with Gasteiger partial charge in [-0.2, -0.15) is 0 Å². The number of methoxy groups -OCH3 is 1. The monoisotopic (exact) mass is 345 g/mol. The summed E-state index contributed by atoms with van der Waals surface area (Å²) >= 11 is 0. The van der Waals surface area contributed by atoms with Crippen molar-refractivity contribution in [1.82, 2.24) is 14.8 Å². The Kier molecular flexibility index (Phi) is 6.02. The third-order valence-corrected chi connectivity index (χ3v) is 5.07. The van der Waals surface area contributed by atoms with Crippen LogP contribution in [0.3, 0.4) is 0 Å². The number of likely N-dealkylation sites (tertiary alicyclic amines) is 2. The number of amides is 2. The first kappa shape index (κ1) is 17.9. The van der Waals surface area contributed by atoms with Crippen molar-refractivity contribution >= 4 is 11.8 Å². The van der Waals surface area contributed by atoms with E-state index < -0.39 is 0 Å². The van der Waals surface area contributed by atoms with Crippen molar-refractivity contribution in [3.05, 3.63) is 29.6 Å². The molecule has 0 aliphatic carbocycles. The fourth-order valence-electron chi connectivity index (χ4n) is 3.66. The van der Waals surface area contributed by atoms with Crippen LogP contribution >= 0.6 is 0 Å². The average molecular weight is 345 g/mol. The van der Waals surface area contributed by atoms with E-state index in [4.69, 9.17) is 4.74 Å². The van der Waals surface area contributed by atoms with Crippen molar-refractivity contribution < 1.29 is 14.3 Å². The van der Waals surface area contributed by atoms with Crippen LogP contribution in [0.4, 0.5) is 0 Å². The summed E-state index contributed by atoms with van der Waals surface area (Å²) in [5.41, 5.74) is 1.61. The van der Waals surface area contributed by atoms with Crippen molar-refractivity contribution in [2.24, 2.45) is 5.92 Å². The molecule has 6 nitrogen and oxygen atoms in total. The van der Waals surface area contributed by atoms with E-state index in [-0.39, 0.29) is 11.8 Å². The number of aromatic nitrogens is 1. The number of carbonyl (C=O) groups is 2. The molecule has 1 aromatic rings. The Morgan fingerprint density at radius 2 is 2.08 bits per heavy atom. The van der Waals surface area contributed by atoms with Gasteiger partial charge in [0.25, 0.3) is 5.91 Å². The van der Waals surface area contributed by atoms with Crippen LogP contribution in [0.2, 0.25) is 0 Å². The van der Waals surface area contributed by atoms with E-state index in [2.05, 4.69) is 4.98 Å². The fraction of sp³-hybridized carbons (Fsp3) is 0.632. The van der Waals surface area contributed by atoms with Gasteiger partial charge in [0.1, 0.15) is 0 Å². The molecule has 2 aliphatic rings. The van der Waals surface area contributed by atoms with Crippen LogP contribution in [-0.4, -0.2) is 66.5 Å². The molecule has 2 amide bonds. The van der Waals surface area contributed by atoms with Crippen molar-refractivity contribution in [1.29, 1.82) is 0 Å². The Morgan fingerprint density at radius 1 is 1.28 bits per heavy atom. The van der Waals surface area contributed by atoms with Crippen LogP contribution < -0.4 is 0 Å². The number of hydrogen-bond donors (Lipinski definition) is 0. The highest BCUT2D eigenvalue weighted by Gasteiger charge is 2.29. The van der Waals surface area contributed by atoms with Gasteiger partial charge in [-0.05, 0) is 43.7 Å². The topological polar surface area (TPSA) is 62.7 Å². The second kappa shape index (κ2) is 8.43. The van der Waals surface area contributed by atoms with Crippen LogP contribution in [-0.2, 0) is 16.0 Å². The molecule has 6 heteroatoms. The van der Waals surface area contributed by atoms with Gasteiger partial charge in [-0.25, -0.2) is 0 Å². The second-order valence-electron chi connectivity index (χ2n) is 7.00. The predicted octanol–water partition coefficient (Wildman–Crippen LogP) is 1.75. The van der Waals surface area contributed by atoms with E-state index in [1.807, 2.05) is 21.9 Å². The van der Waals surface area contributed by atoms with E-state index in [9.17, 15) is 9.59 Å². The van der Waals surface area contributed by atoms with Gasteiger partial charge >= 0.3 is 0 Å². The van der Waals surface area contributed by atoms with Crippen molar-refractivity contribution in [2.75, 3.05) is 39.9 Å². The number of carbonyl (C=O) groups excluding carboxylic acids is 2. The van der Waals surface area contributed by atoms with Gasteiger partial charge < -0.3 is 14.5 Å². The first-order valence-electron chi connectivity index (χ1n) is 9.18. The van der Waals surface area contributed by atoms with Crippen molar-refractivity contribution in [3.8, 4) is 0 Å². The molecule has 136 valence electrons. The molecule has 0 bridgehead atoms. The maximum Gasteiger partial charge on any atom is 0.255 e. The first-order chi connectivity index (χ1) is 12.2. The molecule has 3 rings (SSSR count). The number of nitrogens with zero attached hydrogens (tertiary/aromatic N) is 3. The minimum absolute atomic E-state index is 0.0838. The molecule has 2 saturated heterocycles. The summed E-state index contributed by atoms with van der Waals surface area (Å²) in [6.07, 6.45) is 6.42. The fourth-order valence-corrected chi connectivity index (χ4v) is 3.66. The molecule has 1 aromatic heterocycles. The van der Waals surface area contributed by atoms with Gasteiger partial charge in [-0.1, -0.05) is 0 Å². The highest BCUT2D eigenvalue weighted by molar-refractivity contribution is 5.94. The number of pyridine rings is 1. The summed E-state index contributed by atoms with van der Waals surface area (Å²) in [6.45, 7) is 3.69. The number of hydrogen-bond acceptors (Lipinski definition) is 4. The van der Waals surface area contributed by atoms with Crippen LogP contribution in [0.5, 0.6) is 0 Å². The number of piperidine rings is 1. The first-order valence-corrected chi connectivity index (χ1v) is 9.18. The quantitative estimate of drug-likeness (QED) is 0.788. The van der Waals surface area contributed by atoms with Crippen molar-refractivity contribution in [3.63, 3.8) is 0 Å². The highest BCUT2D eigenvalue weighted by atomic mass is 16.5. The molecule has 0 saturated carbocycles. The summed E-state index contributed by atoms with van der Waals surface area (Å²) in [6, 6.07) is 3.80. The Morgan fingerprint density at radius 3 is 2.76 bits per heavy atom. The van der Waals surface area contributed by atoms with E-state index in [0.29, 0.717) is 31.1 Å². The van der Waals surface area contributed by atoms with Crippen LogP contribution in [0.1, 0.15) is 41.7 Å². The molecule has 25 heavy (non-hydrogen) atoms. The Bertz CT molecular complexity index is 596.